The first-order chi connectivity index (χ1) is 11.0. The number of piperazine rings is 1. The topological polar surface area (TPSA) is 57.6 Å². The van der Waals surface area contributed by atoms with Gasteiger partial charge in [-0.1, -0.05) is 0 Å². The zero-order chi connectivity index (χ0) is 16.6. The molecular weight excluding hydrogens is 292 g/mol. The number of nitrogens with zero attached hydrogens (tertiary/aromatic N) is 3. The molecule has 6 nitrogen and oxygen atoms in total. The summed E-state index contributed by atoms with van der Waals surface area (Å²) in [5.74, 6) is -0.196. The SMILES string of the molecule is CC(=O)N1CCN(C)CC1C(=O)Nc1ccc2c(ccn2C)c1. The number of carbonyl (C=O) groups is 2. The normalized spacial score (nSPS) is 19.1. The number of fused-ring (bicyclic) bond motifs is 1. The van der Waals surface area contributed by atoms with Crippen molar-refractivity contribution in [3.05, 3.63) is 30.5 Å². The van der Waals surface area contributed by atoms with Gasteiger partial charge in [0.2, 0.25) is 11.8 Å². The molecule has 1 unspecified atom stereocenters. The first-order valence-electron chi connectivity index (χ1n) is 7.77. The smallest absolute Gasteiger partial charge is 0.248 e. The highest BCUT2D eigenvalue weighted by Crippen LogP contribution is 2.20. The Balaban J connectivity index is 1.79. The minimum absolute atomic E-state index is 0.0586. The van der Waals surface area contributed by atoms with Crippen LogP contribution in [0.25, 0.3) is 10.9 Å². The second-order valence-corrected chi connectivity index (χ2v) is 6.18. The lowest BCUT2D eigenvalue weighted by Crippen LogP contribution is -2.58. The average Bonchev–Trinajstić information content (AvgIpc) is 2.87. The summed E-state index contributed by atoms with van der Waals surface area (Å²) in [6.07, 6.45) is 1.99. The van der Waals surface area contributed by atoms with E-state index in [1.807, 2.05) is 49.1 Å². The molecule has 23 heavy (non-hydrogen) atoms. The van der Waals surface area contributed by atoms with E-state index in [0.29, 0.717) is 13.1 Å². The third kappa shape index (κ3) is 3.07. The quantitative estimate of drug-likeness (QED) is 0.908. The fourth-order valence-electron chi connectivity index (χ4n) is 3.11. The number of anilines is 1. The molecule has 2 aromatic rings. The van der Waals surface area contributed by atoms with Gasteiger partial charge >= 0.3 is 0 Å². The highest BCUT2D eigenvalue weighted by atomic mass is 16.2. The minimum atomic E-state index is -0.447. The summed E-state index contributed by atoms with van der Waals surface area (Å²) < 4.78 is 2.04. The van der Waals surface area contributed by atoms with Crippen LogP contribution in [-0.2, 0) is 16.6 Å². The van der Waals surface area contributed by atoms with Gasteiger partial charge in [-0.15, -0.1) is 0 Å². The molecule has 0 bridgehead atoms. The van der Waals surface area contributed by atoms with E-state index in [1.165, 1.54) is 6.92 Å². The Hall–Kier alpha value is -2.34. The number of nitrogens with one attached hydrogen (secondary N) is 1. The largest absolute Gasteiger partial charge is 0.351 e. The van der Waals surface area contributed by atoms with E-state index in [-0.39, 0.29) is 11.8 Å². The van der Waals surface area contributed by atoms with Gasteiger partial charge in [0, 0.05) is 56.4 Å². The van der Waals surface area contributed by atoms with Gasteiger partial charge in [0.1, 0.15) is 6.04 Å². The highest BCUT2D eigenvalue weighted by molar-refractivity contribution is 5.98. The monoisotopic (exact) mass is 314 g/mol. The summed E-state index contributed by atoms with van der Waals surface area (Å²) in [5.41, 5.74) is 1.87. The molecule has 3 rings (SSSR count). The number of aryl methyl sites for hydroxylation is 1. The summed E-state index contributed by atoms with van der Waals surface area (Å²) in [6, 6.07) is 7.41. The van der Waals surface area contributed by atoms with Gasteiger partial charge in [-0.3, -0.25) is 9.59 Å². The molecular formula is C17H22N4O2. The van der Waals surface area contributed by atoms with Crippen LogP contribution < -0.4 is 5.32 Å². The van der Waals surface area contributed by atoms with Crippen molar-refractivity contribution in [2.45, 2.75) is 13.0 Å². The Labute approximate surface area is 135 Å². The number of hydrogen-bond acceptors (Lipinski definition) is 3. The molecule has 0 radical (unpaired) electrons. The molecule has 2 heterocycles. The summed E-state index contributed by atoms with van der Waals surface area (Å²) in [5, 5.41) is 4.03. The zero-order valence-electron chi connectivity index (χ0n) is 13.7. The Bertz CT molecular complexity index is 752. The second kappa shape index (κ2) is 6.04. The van der Waals surface area contributed by atoms with Crippen LogP contribution in [0.2, 0.25) is 0 Å². The first-order valence-corrected chi connectivity index (χ1v) is 7.77. The van der Waals surface area contributed by atoms with Crippen molar-refractivity contribution in [3.8, 4) is 0 Å². The Morgan fingerprint density at radius 3 is 2.70 bits per heavy atom. The van der Waals surface area contributed by atoms with Crippen molar-refractivity contribution in [1.29, 1.82) is 0 Å². The lowest BCUT2D eigenvalue weighted by molar-refractivity contribution is -0.139. The van der Waals surface area contributed by atoms with Crippen molar-refractivity contribution < 1.29 is 9.59 Å². The van der Waals surface area contributed by atoms with Gasteiger partial charge in [0.05, 0.1) is 0 Å². The third-order valence-corrected chi connectivity index (χ3v) is 4.44. The minimum Gasteiger partial charge on any atom is -0.351 e. The predicted molar refractivity (Wildman–Crippen MR) is 90.2 cm³/mol. The molecule has 0 saturated carbocycles. The van der Waals surface area contributed by atoms with Crippen LogP contribution in [0.3, 0.4) is 0 Å². The van der Waals surface area contributed by atoms with Crippen LogP contribution in [0.15, 0.2) is 30.5 Å². The van der Waals surface area contributed by atoms with Gasteiger partial charge in [0.15, 0.2) is 0 Å². The van der Waals surface area contributed by atoms with Crippen molar-refractivity contribution in [1.82, 2.24) is 14.4 Å². The number of rotatable bonds is 2. The molecule has 1 aliphatic rings. The third-order valence-electron chi connectivity index (χ3n) is 4.44. The van der Waals surface area contributed by atoms with E-state index in [0.717, 1.165) is 23.1 Å². The summed E-state index contributed by atoms with van der Waals surface area (Å²) in [7, 11) is 3.96. The number of benzene rings is 1. The van der Waals surface area contributed by atoms with Gasteiger partial charge in [-0.2, -0.15) is 0 Å². The van der Waals surface area contributed by atoms with E-state index in [1.54, 1.807) is 4.90 Å². The number of carbonyl (C=O) groups excluding carboxylic acids is 2. The lowest BCUT2D eigenvalue weighted by atomic mass is 10.1. The van der Waals surface area contributed by atoms with Crippen LogP contribution in [0, 0.1) is 0 Å². The Kier molecular flexibility index (Phi) is 4.09. The van der Waals surface area contributed by atoms with Crippen molar-refractivity contribution in [3.63, 3.8) is 0 Å². The number of hydrogen-bond donors (Lipinski definition) is 1. The van der Waals surface area contributed by atoms with Crippen LogP contribution in [-0.4, -0.2) is 58.9 Å². The molecule has 1 aromatic carbocycles. The summed E-state index contributed by atoms with van der Waals surface area (Å²) in [4.78, 5) is 28.1. The molecule has 0 aliphatic carbocycles. The van der Waals surface area contributed by atoms with Gasteiger partial charge in [0.25, 0.3) is 0 Å². The molecule has 1 fully saturated rings. The Morgan fingerprint density at radius 2 is 1.96 bits per heavy atom. The molecule has 6 heteroatoms. The van der Waals surface area contributed by atoms with E-state index in [2.05, 4.69) is 10.2 Å². The predicted octanol–water partition coefficient (Wildman–Crippen LogP) is 1.28. The number of likely N-dealkylation sites (N-methyl/N-ethyl adjacent to an activating group) is 1. The lowest BCUT2D eigenvalue weighted by Gasteiger charge is -2.38. The van der Waals surface area contributed by atoms with Crippen LogP contribution >= 0.6 is 0 Å². The summed E-state index contributed by atoms with van der Waals surface area (Å²) in [6.45, 7) is 3.45. The van der Waals surface area contributed by atoms with Crippen LogP contribution in [0.5, 0.6) is 0 Å². The molecule has 122 valence electrons. The standard InChI is InChI=1S/C17H22N4O2/c1-12(22)21-9-8-19(2)11-16(21)17(23)18-14-4-5-15-13(10-14)6-7-20(15)3/h4-7,10,16H,8-9,11H2,1-3H3,(H,18,23). The fourth-order valence-corrected chi connectivity index (χ4v) is 3.11. The second-order valence-electron chi connectivity index (χ2n) is 6.18. The molecule has 1 saturated heterocycles. The zero-order valence-corrected chi connectivity index (χ0v) is 13.7. The molecule has 1 aliphatic heterocycles. The molecule has 2 amide bonds. The van der Waals surface area contributed by atoms with Gasteiger partial charge in [-0.25, -0.2) is 0 Å². The van der Waals surface area contributed by atoms with Gasteiger partial charge in [-0.05, 0) is 31.3 Å². The molecule has 0 spiro atoms. The molecule has 1 N–H and O–H groups in total. The maximum atomic E-state index is 12.6. The van der Waals surface area contributed by atoms with Crippen molar-refractivity contribution >= 4 is 28.4 Å². The van der Waals surface area contributed by atoms with E-state index < -0.39 is 6.04 Å². The fraction of sp³-hybridized carbons (Fsp3) is 0.412. The van der Waals surface area contributed by atoms with Crippen molar-refractivity contribution in [2.75, 3.05) is 32.0 Å². The van der Waals surface area contributed by atoms with E-state index in [4.69, 9.17) is 0 Å². The van der Waals surface area contributed by atoms with E-state index in [9.17, 15) is 9.59 Å². The summed E-state index contributed by atoms with van der Waals surface area (Å²) >= 11 is 0. The maximum Gasteiger partial charge on any atom is 0.248 e. The average molecular weight is 314 g/mol. The number of amides is 2. The number of aromatic nitrogens is 1. The first kappa shape index (κ1) is 15.6. The maximum absolute atomic E-state index is 12.6. The molecule has 1 aromatic heterocycles. The Morgan fingerprint density at radius 1 is 1.17 bits per heavy atom. The van der Waals surface area contributed by atoms with Crippen LogP contribution in [0.1, 0.15) is 6.92 Å². The van der Waals surface area contributed by atoms with Gasteiger partial charge < -0.3 is 19.7 Å². The van der Waals surface area contributed by atoms with Crippen molar-refractivity contribution in [2.24, 2.45) is 7.05 Å². The molecule has 1 atom stereocenters. The van der Waals surface area contributed by atoms with E-state index >= 15 is 0 Å². The van der Waals surface area contributed by atoms with Crippen LogP contribution in [0.4, 0.5) is 5.69 Å². The highest BCUT2D eigenvalue weighted by Gasteiger charge is 2.32.